The van der Waals surface area contributed by atoms with E-state index in [1.807, 2.05) is 20.8 Å². The highest BCUT2D eigenvalue weighted by Crippen LogP contribution is 2.52. The number of carbonyl (C=O) groups is 1. The zero-order valence-electron chi connectivity index (χ0n) is 33.0. The van der Waals surface area contributed by atoms with Crippen LogP contribution in [-0.4, -0.2) is 52.7 Å². The zero-order valence-corrected chi connectivity index (χ0v) is 35.0. The van der Waals surface area contributed by atoms with Gasteiger partial charge in [0.25, 0.3) is 0 Å². The van der Waals surface area contributed by atoms with Crippen molar-refractivity contribution < 1.29 is 23.1 Å². The molecule has 0 saturated carbocycles. The maximum atomic E-state index is 13.0. The van der Waals surface area contributed by atoms with Crippen LogP contribution in [-0.2, 0) is 18.3 Å². The molecule has 2 atom stereocenters. The molecule has 2 heterocycles. The first-order chi connectivity index (χ1) is 21.7. The number of benzene rings is 1. The summed E-state index contributed by atoms with van der Waals surface area (Å²) in [7, 11) is -4.03. The minimum atomic E-state index is -2.01. The van der Waals surface area contributed by atoms with Gasteiger partial charge in [-0.3, -0.25) is 5.32 Å². The van der Waals surface area contributed by atoms with Crippen molar-refractivity contribution in [3.05, 3.63) is 47.6 Å². The van der Waals surface area contributed by atoms with E-state index in [1.54, 1.807) is 0 Å². The fourth-order valence-corrected chi connectivity index (χ4v) is 8.45. The van der Waals surface area contributed by atoms with E-state index in [-0.39, 0.29) is 21.4 Å². The van der Waals surface area contributed by atoms with Crippen LogP contribution in [0.15, 0.2) is 36.4 Å². The van der Waals surface area contributed by atoms with Crippen molar-refractivity contribution in [2.24, 2.45) is 5.41 Å². The summed E-state index contributed by atoms with van der Waals surface area (Å²) in [4.78, 5) is 13.0. The highest BCUT2D eigenvalue weighted by atomic mass is 28.4. The molecule has 8 heteroatoms. The van der Waals surface area contributed by atoms with Gasteiger partial charge in [0, 0.05) is 5.56 Å². The Kier molecular flexibility index (Phi) is 10.7. The van der Waals surface area contributed by atoms with Crippen LogP contribution in [0, 0.1) is 5.41 Å². The van der Waals surface area contributed by atoms with E-state index < -0.39 is 39.5 Å². The number of ether oxygens (including phenoxy) is 2. The number of fused-ring (bicyclic) bond motifs is 2. The van der Waals surface area contributed by atoms with Crippen molar-refractivity contribution in [3.8, 4) is 0 Å². The molecule has 2 bridgehead atoms. The standard InChI is InChI=1S/C40H67NO5Si2/c1-35(2,3)45-34(42)41-33-17-16-30(24-32(33)29-18-20-38(10,11)21-19-29)31-25-39(27-43-47(12,13)36(4,5)6)22-23-40(26-31,46-39)28-44-48(14,15)37(7,8)9/h16-18,22-24,31H,19-21,25-28H2,1-15H3,(H,41,42). The Labute approximate surface area is 295 Å². The Bertz CT molecular complexity index is 1360. The number of allylic oxidation sites excluding steroid dienone is 2. The van der Waals surface area contributed by atoms with E-state index in [0.717, 1.165) is 43.4 Å². The lowest BCUT2D eigenvalue weighted by molar-refractivity contribution is -0.159. The fourth-order valence-electron chi connectivity index (χ4n) is 6.37. The van der Waals surface area contributed by atoms with E-state index in [4.69, 9.17) is 18.3 Å². The quantitative estimate of drug-likeness (QED) is 0.205. The lowest BCUT2D eigenvalue weighted by Crippen LogP contribution is -2.53. The molecule has 270 valence electrons. The molecule has 0 spiro atoms. The monoisotopic (exact) mass is 697 g/mol. The second-order valence-electron chi connectivity index (χ2n) is 19.8. The van der Waals surface area contributed by atoms with Crippen molar-refractivity contribution in [3.63, 3.8) is 0 Å². The molecule has 1 saturated heterocycles. The number of amides is 1. The van der Waals surface area contributed by atoms with Gasteiger partial charge in [0.15, 0.2) is 16.6 Å². The first-order valence-corrected chi connectivity index (χ1v) is 24.0. The number of anilines is 1. The summed E-state index contributed by atoms with van der Waals surface area (Å²) < 4.78 is 26.6. The van der Waals surface area contributed by atoms with Crippen LogP contribution in [0.5, 0.6) is 0 Å². The molecule has 1 aromatic rings. The highest BCUT2D eigenvalue weighted by molar-refractivity contribution is 6.74. The van der Waals surface area contributed by atoms with E-state index in [0.29, 0.717) is 13.2 Å². The molecule has 1 N–H and O–H groups in total. The van der Waals surface area contributed by atoms with Gasteiger partial charge in [-0.15, -0.1) is 0 Å². The third-order valence-corrected chi connectivity index (χ3v) is 20.7. The molecular weight excluding hydrogens is 631 g/mol. The number of carbonyl (C=O) groups excluding carboxylic acids is 1. The Morgan fingerprint density at radius 1 is 0.875 bits per heavy atom. The number of hydrogen-bond acceptors (Lipinski definition) is 5. The maximum absolute atomic E-state index is 13.0. The van der Waals surface area contributed by atoms with Crippen LogP contribution in [0.2, 0.25) is 36.3 Å². The number of rotatable bonds is 9. The van der Waals surface area contributed by atoms with Gasteiger partial charge >= 0.3 is 6.09 Å². The number of hydrogen-bond donors (Lipinski definition) is 1. The molecule has 2 aliphatic heterocycles. The fraction of sp³-hybridized carbons (Fsp3) is 0.725. The third kappa shape index (κ3) is 9.14. The topological polar surface area (TPSA) is 66.0 Å². The molecule has 4 rings (SSSR count). The molecule has 0 aromatic heterocycles. The van der Waals surface area contributed by atoms with Gasteiger partial charge in [-0.05, 0) is 124 Å². The summed E-state index contributed by atoms with van der Waals surface area (Å²) in [5.74, 6) is 0.231. The van der Waals surface area contributed by atoms with Crippen LogP contribution >= 0.6 is 0 Å². The number of nitrogens with one attached hydrogen (secondary N) is 1. The molecule has 6 nitrogen and oxygen atoms in total. The Morgan fingerprint density at radius 2 is 1.40 bits per heavy atom. The van der Waals surface area contributed by atoms with Crippen molar-refractivity contribution >= 4 is 34.0 Å². The van der Waals surface area contributed by atoms with Crippen molar-refractivity contribution in [2.45, 2.75) is 167 Å². The van der Waals surface area contributed by atoms with Crippen molar-refractivity contribution in [2.75, 3.05) is 18.5 Å². The molecule has 1 aromatic carbocycles. The smallest absolute Gasteiger partial charge is 0.412 e. The van der Waals surface area contributed by atoms with Crippen LogP contribution in [0.1, 0.15) is 125 Å². The van der Waals surface area contributed by atoms with E-state index >= 15 is 0 Å². The summed E-state index contributed by atoms with van der Waals surface area (Å²) in [6.45, 7) is 34.4. The third-order valence-electron chi connectivity index (χ3n) is 11.7. The van der Waals surface area contributed by atoms with E-state index in [1.165, 1.54) is 11.1 Å². The van der Waals surface area contributed by atoms with Gasteiger partial charge < -0.3 is 18.3 Å². The normalized spacial score (nSPS) is 26.3. The largest absolute Gasteiger partial charge is 0.444 e. The Hall–Kier alpha value is -1.72. The molecule has 0 radical (unpaired) electrons. The average molecular weight is 698 g/mol. The zero-order chi connectivity index (χ0) is 36.2. The molecule has 1 fully saturated rings. The second-order valence-corrected chi connectivity index (χ2v) is 29.4. The van der Waals surface area contributed by atoms with Gasteiger partial charge in [0.2, 0.25) is 0 Å². The van der Waals surface area contributed by atoms with E-state index in [2.05, 4.69) is 123 Å². The van der Waals surface area contributed by atoms with Gasteiger partial charge in [-0.1, -0.05) is 79.7 Å². The summed E-state index contributed by atoms with van der Waals surface area (Å²) in [5.41, 5.74) is 3.13. The van der Waals surface area contributed by atoms with Crippen molar-refractivity contribution in [1.29, 1.82) is 0 Å². The summed E-state index contributed by atoms with van der Waals surface area (Å²) >= 11 is 0. The van der Waals surface area contributed by atoms with Crippen LogP contribution < -0.4 is 5.32 Å². The molecular formula is C40H67NO5Si2. The van der Waals surface area contributed by atoms with Crippen LogP contribution in [0.25, 0.3) is 5.57 Å². The lowest BCUT2D eigenvalue weighted by atomic mass is 9.75. The van der Waals surface area contributed by atoms with Gasteiger partial charge in [-0.2, -0.15) is 0 Å². The minimum absolute atomic E-state index is 0.108. The molecule has 3 aliphatic rings. The lowest BCUT2D eigenvalue weighted by Gasteiger charge is -2.48. The summed E-state index contributed by atoms with van der Waals surface area (Å²) in [6, 6.07) is 6.61. The Balaban J connectivity index is 1.72. The Morgan fingerprint density at radius 3 is 1.83 bits per heavy atom. The van der Waals surface area contributed by atoms with E-state index in [9.17, 15) is 4.79 Å². The molecule has 48 heavy (non-hydrogen) atoms. The van der Waals surface area contributed by atoms with Gasteiger partial charge in [0.1, 0.15) is 16.8 Å². The van der Waals surface area contributed by atoms with Crippen LogP contribution in [0.4, 0.5) is 10.5 Å². The summed E-state index contributed by atoms with van der Waals surface area (Å²) in [5, 5.41) is 3.31. The summed E-state index contributed by atoms with van der Waals surface area (Å²) in [6.07, 6.45) is 11.3. The first kappa shape index (κ1) is 39.1. The predicted octanol–water partition coefficient (Wildman–Crippen LogP) is 11.6. The van der Waals surface area contributed by atoms with Crippen molar-refractivity contribution in [1.82, 2.24) is 0 Å². The van der Waals surface area contributed by atoms with Crippen LogP contribution in [0.3, 0.4) is 0 Å². The van der Waals surface area contributed by atoms with Gasteiger partial charge in [-0.25, -0.2) is 4.79 Å². The highest BCUT2D eigenvalue weighted by Gasteiger charge is 2.54. The predicted molar refractivity (Wildman–Crippen MR) is 206 cm³/mol. The average Bonchev–Trinajstić information content (AvgIpc) is 3.19. The maximum Gasteiger partial charge on any atom is 0.412 e. The first-order valence-electron chi connectivity index (χ1n) is 18.2. The molecule has 1 amide bonds. The molecule has 2 unspecified atom stereocenters. The SMILES string of the molecule is CC1(C)CC=C(c2cc(C3CC4(CO[Si](C)(C)C(C)(C)C)C=CC(CO[Si](C)(C)C(C)(C)C)(C3)O4)ccc2NC(=O)OC(C)(C)C)CC1. The van der Waals surface area contributed by atoms with Gasteiger partial charge in [0.05, 0.1) is 18.9 Å². The second kappa shape index (κ2) is 13.1. The minimum Gasteiger partial charge on any atom is -0.444 e. The molecule has 1 aliphatic carbocycles.